The van der Waals surface area contributed by atoms with Crippen LogP contribution in [0, 0.1) is 11.7 Å². The van der Waals surface area contributed by atoms with Gasteiger partial charge in [-0.25, -0.2) is 9.07 Å². The van der Waals surface area contributed by atoms with E-state index in [1.54, 1.807) is 23.7 Å². The number of amides is 1. The minimum Gasteiger partial charge on any atom is -0.355 e. The van der Waals surface area contributed by atoms with Crippen molar-refractivity contribution < 1.29 is 9.18 Å². The Morgan fingerprint density at radius 3 is 2.76 bits per heavy atom. The molecule has 0 aliphatic carbocycles. The number of hydrogen-bond donors (Lipinski definition) is 2. The second-order valence-corrected chi connectivity index (χ2v) is 4.91. The van der Waals surface area contributed by atoms with E-state index in [0.717, 1.165) is 11.4 Å². The molecule has 0 saturated heterocycles. The van der Waals surface area contributed by atoms with Gasteiger partial charge in [-0.15, -0.1) is 0 Å². The highest BCUT2D eigenvalue weighted by Gasteiger charge is 2.10. The van der Waals surface area contributed by atoms with E-state index < -0.39 is 0 Å². The third-order valence-electron chi connectivity index (χ3n) is 3.22. The average molecular weight is 290 g/mol. The molecule has 0 aliphatic rings. The molecule has 21 heavy (non-hydrogen) atoms. The molecule has 5 nitrogen and oxygen atoms in total. The summed E-state index contributed by atoms with van der Waals surface area (Å²) in [6.07, 6.45) is 2.45. The van der Waals surface area contributed by atoms with Crippen LogP contribution in [0.2, 0.25) is 0 Å². The second kappa shape index (κ2) is 6.99. The van der Waals surface area contributed by atoms with Crippen LogP contribution in [0.4, 0.5) is 4.39 Å². The summed E-state index contributed by atoms with van der Waals surface area (Å²) in [5.41, 5.74) is 7.09. The number of aromatic nitrogens is 2. The van der Waals surface area contributed by atoms with E-state index in [0.29, 0.717) is 19.5 Å². The van der Waals surface area contributed by atoms with Gasteiger partial charge in [0, 0.05) is 31.6 Å². The summed E-state index contributed by atoms with van der Waals surface area (Å²) in [6.45, 7) is 2.65. The van der Waals surface area contributed by atoms with Crippen molar-refractivity contribution in [2.75, 3.05) is 13.1 Å². The van der Waals surface area contributed by atoms with Gasteiger partial charge in [-0.2, -0.15) is 5.10 Å². The third kappa shape index (κ3) is 4.13. The lowest BCUT2D eigenvalue weighted by molar-refractivity contribution is -0.124. The first-order valence-electron chi connectivity index (χ1n) is 6.88. The van der Waals surface area contributed by atoms with Crippen LogP contribution >= 0.6 is 0 Å². The summed E-state index contributed by atoms with van der Waals surface area (Å²) in [4.78, 5) is 11.6. The number of carbonyl (C=O) groups excluding carboxylic acids is 1. The largest absolute Gasteiger partial charge is 0.355 e. The highest BCUT2D eigenvalue weighted by atomic mass is 19.1. The molecular formula is C15H19FN4O. The summed E-state index contributed by atoms with van der Waals surface area (Å²) in [5, 5.41) is 7.21. The van der Waals surface area contributed by atoms with Crippen molar-refractivity contribution in [2.24, 2.45) is 11.7 Å². The van der Waals surface area contributed by atoms with E-state index in [9.17, 15) is 9.18 Å². The molecule has 0 bridgehead atoms. The van der Waals surface area contributed by atoms with Gasteiger partial charge in [-0.05, 0) is 30.3 Å². The molecule has 1 aromatic carbocycles. The average Bonchev–Trinajstić information content (AvgIpc) is 2.95. The van der Waals surface area contributed by atoms with Crippen molar-refractivity contribution in [3.63, 3.8) is 0 Å². The maximum Gasteiger partial charge on any atom is 0.224 e. The maximum atomic E-state index is 12.9. The topological polar surface area (TPSA) is 72.9 Å². The number of nitrogens with zero attached hydrogens (tertiary/aromatic N) is 2. The molecule has 1 heterocycles. The highest BCUT2D eigenvalue weighted by Crippen LogP contribution is 2.09. The third-order valence-corrected chi connectivity index (χ3v) is 3.22. The van der Waals surface area contributed by atoms with Crippen molar-refractivity contribution in [2.45, 2.75) is 13.3 Å². The molecule has 1 amide bonds. The second-order valence-electron chi connectivity index (χ2n) is 4.91. The van der Waals surface area contributed by atoms with Crippen molar-refractivity contribution in [1.82, 2.24) is 15.1 Å². The van der Waals surface area contributed by atoms with Crippen LogP contribution in [0.1, 0.15) is 12.6 Å². The summed E-state index contributed by atoms with van der Waals surface area (Å²) in [5.74, 6) is -0.500. The zero-order valence-corrected chi connectivity index (χ0v) is 11.9. The normalized spacial score (nSPS) is 12.1. The lowest BCUT2D eigenvalue weighted by Gasteiger charge is -2.08. The van der Waals surface area contributed by atoms with Crippen molar-refractivity contribution in [3.05, 3.63) is 48.0 Å². The molecule has 1 unspecified atom stereocenters. The first kappa shape index (κ1) is 15.2. The summed E-state index contributed by atoms with van der Waals surface area (Å²) >= 11 is 0. The molecule has 0 aliphatic heterocycles. The molecule has 2 aromatic rings. The van der Waals surface area contributed by atoms with Gasteiger partial charge in [0.15, 0.2) is 0 Å². The van der Waals surface area contributed by atoms with Crippen molar-refractivity contribution in [1.29, 1.82) is 0 Å². The van der Waals surface area contributed by atoms with Gasteiger partial charge in [0.05, 0.1) is 11.4 Å². The van der Waals surface area contributed by atoms with Crippen LogP contribution in [0.15, 0.2) is 36.5 Å². The Morgan fingerprint density at radius 1 is 1.38 bits per heavy atom. The molecule has 6 heteroatoms. The van der Waals surface area contributed by atoms with E-state index in [1.165, 1.54) is 12.1 Å². The van der Waals surface area contributed by atoms with Gasteiger partial charge in [-0.3, -0.25) is 4.79 Å². The van der Waals surface area contributed by atoms with Gasteiger partial charge in [-0.1, -0.05) is 6.92 Å². The van der Waals surface area contributed by atoms with E-state index in [1.807, 2.05) is 12.3 Å². The lowest BCUT2D eigenvalue weighted by Crippen LogP contribution is -2.34. The fourth-order valence-corrected chi connectivity index (χ4v) is 1.83. The van der Waals surface area contributed by atoms with E-state index in [4.69, 9.17) is 5.73 Å². The lowest BCUT2D eigenvalue weighted by atomic mass is 10.1. The molecule has 3 N–H and O–H groups in total. The fourth-order valence-electron chi connectivity index (χ4n) is 1.83. The van der Waals surface area contributed by atoms with Crippen LogP contribution in [-0.2, 0) is 11.2 Å². The quantitative estimate of drug-likeness (QED) is 0.841. The Kier molecular flexibility index (Phi) is 5.05. The molecule has 112 valence electrons. The van der Waals surface area contributed by atoms with Crippen LogP contribution in [0.3, 0.4) is 0 Å². The Morgan fingerprint density at radius 2 is 2.10 bits per heavy atom. The molecule has 0 saturated carbocycles. The van der Waals surface area contributed by atoms with Gasteiger partial charge in [0.2, 0.25) is 5.91 Å². The number of nitrogens with two attached hydrogens (primary N) is 1. The van der Waals surface area contributed by atoms with Gasteiger partial charge in [0.1, 0.15) is 5.82 Å². The molecular weight excluding hydrogens is 271 g/mol. The van der Waals surface area contributed by atoms with Crippen LogP contribution < -0.4 is 11.1 Å². The van der Waals surface area contributed by atoms with Crippen LogP contribution in [0.5, 0.6) is 0 Å². The number of benzene rings is 1. The summed E-state index contributed by atoms with van der Waals surface area (Å²) < 4.78 is 14.5. The standard InChI is InChI=1S/C15H19FN4O/c1-11(10-17)15(21)18-8-6-13-7-9-20(19-13)14-4-2-12(16)3-5-14/h2-5,7,9,11H,6,8,10,17H2,1H3,(H,18,21). The smallest absolute Gasteiger partial charge is 0.224 e. The fraction of sp³-hybridized carbons (Fsp3) is 0.333. The highest BCUT2D eigenvalue weighted by molar-refractivity contribution is 5.78. The van der Waals surface area contributed by atoms with Crippen molar-refractivity contribution >= 4 is 5.91 Å². The molecule has 2 rings (SSSR count). The summed E-state index contributed by atoms with van der Waals surface area (Å²) in [6, 6.07) is 7.99. The van der Waals surface area contributed by atoms with Gasteiger partial charge in [0.25, 0.3) is 0 Å². The summed E-state index contributed by atoms with van der Waals surface area (Å²) in [7, 11) is 0. The van der Waals surface area contributed by atoms with Crippen LogP contribution in [-0.4, -0.2) is 28.8 Å². The van der Waals surface area contributed by atoms with E-state index in [2.05, 4.69) is 10.4 Å². The first-order valence-corrected chi connectivity index (χ1v) is 6.88. The Bertz CT molecular complexity index is 594. The minimum absolute atomic E-state index is 0.0459. The van der Waals surface area contributed by atoms with Gasteiger partial charge < -0.3 is 11.1 Å². The number of nitrogens with one attached hydrogen (secondary N) is 1. The Labute approximate surface area is 123 Å². The molecule has 1 atom stereocenters. The maximum absolute atomic E-state index is 12.9. The van der Waals surface area contributed by atoms with Crippen LogP contribution in [0.25, 0.3) is 5.69 Å². The van der Waals surface area contributed by atoms with Gasteiger partial charge >= 0.3 is 0 Å². The van der Waals surface area contributed by atoms with Crippen molar-refractivity contribution in [3.8, 4) is 5.69 Å². The predicted molar refractivity (Wildman–Crippen MR) is 78.5 cm³/mol. The zero-order valence-electron chi connectivity index (χ0n) is 11.9. The molecule has 0 radical (unpaired) electrons. The Balaban J connectivity index is 1.89. The molecule has 0 spiro atoms. The zero-order chi connectivity index (χ0) is 15.2. The number of hydrogen-bond acceptors (Lipinski definition) is 3. The SMILES string of the molecule is CC(CN)C(=O)NCCc1ccn(-c2ccc(F)cc2)n1. The number of carbonyl (C=O) groups is 1. The van der Waals surface area contributed by atoms with E-state index in [-0.39, 0.29) is 17.6 Å². The van der Waals surface area contributed by atoms with E-state index >= 15 is 0 Å². The number of rotatable bonds is 6. The minimum atomic E-state index is -0.275. The predicted octanol–water partition coefficient (Wildman–Crippen LogP) is 1.26. The first-order chi connectivity index (χ1) is 10.1. The molecule has 1 aromatic heterocycles. The number of halogens is 1. The monoisotopic (exact) mass is 290 g/mol. The molecule has 0 fully saturated rings. The Hall–Kier alpha value is -2.21.